The van der Waals surface area contributed by atoms with Crippen LogP contribution in [0.25, 0.3) is 0 Å². The summed E-state index contributed by atoms with van der Waals surface area (Å²) >= 11 is 0. The van der Waals surface area contributed by atoms with Crippen LogP contribution in [0, 0.1) is 11.8 Å². The van der Waals surface area contributed by atoms with Gasteiger partial charge in [0.1, 0.15) is 6.10 Å². The average Bonchev–Trinajstić information content (AvgIpc) is 2.63. The summed E-state index contributed by atoms with van der Waals surface area (Å²) in [5, 5.41) is 2.90. The van der Waals surface area contributed by atoms with Crippen LogP contribution in [0.1, 0.15) is 26.2 Å². The second-order valence-electron chi connectivity index (χ2n) is 4.49. The van der Waals surface area contributed by atoms with Crippen molar-refractivity contribution in [1.29, 1.82) is 0 Å². The van der Waals surface area contributed by atoms with Crippen molar-refractivity contribution in [2.75, 3.05) is 20.2 Å². The highest BCUT2D eigenvalue weighted by Gasteiger charge is 2.23. The summed E-state index contributed by atoms with van der Waals surface area (Å²) in [6, 6.07) is 0. The number of hydrogen-bond donors (Lipinski definition) is 2. The molecule has 0 heterocycles. The number of ether oxygens (including phenoxy) is 1. The first-order valence-corrected chi connectivity index (χ1v) is 5.68. The van der Waals surface area contributed by atoms with E-state index in [2.05, 4.69) is 12.2 Å². The molecule has 15 heavy (non-hydrogen) atoms. The summed E-state index contributed by atoms with van der Waals surface area (Å²) in [6.45, 7) is 3.27. The quantitative estimate of drug-likeness (QED) is 0.701. The minimum atomic E-state index is -0.496. The fourth-order valence-electron chi connectivity index (χ4n) is 2.18. The lowest BCUT2D eigenvalue weighted by Gasteiger charge is -2.15. The third kappa shape index (κ3) is 3.80. The van der Waals surface area contributed by atoms with Crippen LogP contribution in [-0.4, -0.2) is 32.2 Å². The van der Waals surface area contributed by atoms with Gasteiger partial charge in [0, 0.05) is 20.2 Å². The van der Waals surface area contributed by atoms with Crippen molar-refractivity contribution in [1.82, 2.24) is 5.32 Å². The molecule has 0 aliphatic heterocycles. The van der Waals surface area contributed by atoms with E-state index in [1.807, 2.05) is 0 Å². The van der Waals surface area contributed by atoms with Crippen molar-refractivity contribution in [3.8, 4) is 0 Å². The third-order valence-corrected chi connectivity index (χ3v) is 3.16. The van der Waals surface area contributed by atoms with Crippen molar-refractivity contribution in [2.45, 2.75) is 32.3 Å². The molecule has 0 spiro atoms. The Labute approximate surface area is 91.5 Å². The van der Waals surface area contributed by atoms with Crippen LogP contribution >= 0.6 is 0 Å². The Morgan fingerprint density at radius 1 is 1.60 bits per heavy atom. The minimum absolute atomic E-state index is 0.0837. The van der Waals surface area contributed by atoms with E-state index in [0.29, 0.717) is 5.92 Å². The number of nitrogens with one attached hydrogen (secondary N) is 1. The van der Waals surface area contributed by atoms with E-state index in [-0.39, 0.29) is 12.5 Å². The summed E-state index contributed by atoms with van der Waals surface area (Å²) in [4.78, 5) is 11.5. The molecule has 0 aromatic carbocycles. The summed E-state index contributed by atoms with van der Waals surface area (Å²) in [7, 11) is 1.51. The highest BCUT2D eigenvalue weighted by atomic mass is 16.5. The van der Waals surface area contributed by atoms with Gasteiger partial charge in [0.2, 0.25) is 5.91 Å². The number of carbonyl (C=O) groups is 1. The van der Waals surface area contributed by atoms with Crippen LogP contribution in [0.5, 0.6) is 0 Å². The van der Waals surface area contributed by atoms with Crippen LogP contribution in [0.2, 0.25) is 0 Å². The van der Waals surface area contributed by atoms with Crippen molar-refractivity contribution < 1.29 is 9.53 Å². The molecule has 1 aliphatic rings. The van der Waals surface area contributed by atoms with E-state index in [9.17, 15) is 4.79 Å². The molecule has 4 nitrogen and oxygen atoms in total. The number of nitrogens with two attached hydrogens (primary N) is 1. The van der Waals surface area contributed by atoms with Gasteiger partial charge in [-0.3, -0.25) is 4.79 Å². The number of hydrogen-bond acceptors (Lipinski definition) is 3. The Kier molecular flexibility index (Phi) is 5.05. The maximum Gasteiger partial charge on any atom is 0.250 e. The second kappa shape index (κ2) is 6.08. The van der Waals surface area contributed by atoms with Gasteiger partial charge in [0.05, 0.1) is 0 Å². The van der Waals surface area contributed by atoms with Crippen LogP contribution in [0.15, 0.2) is 0 Å². The van der Waals surface area contributed by atoms with Crippen molar-refractivity contribution in [2.24, 2.45) is 17.6 Å². The fraction of sp³-hybridized carbons (Fsp3) is 0.909. The molecule has 3 N–H and O–H groups in total. The monoisotopic (exact) mass is 214 g/mol. The van der Waals surface area contributed by atoms with Crippen molar-refractivity contribution in [3.63, 3.8) is 0 Å². The van der Waals surface area contributed by atoms with E-state index in [4.69, 9.17) is 10.5 Å². The van der Waals surface area contributed by atoms with E-state index in [1.165, 1.54) is 26.4 Å². The van der Waals surface area contributed by atoms with E-state index >= 15 is 0 Å². The predicted octanol–water partition coefficient (Wildman–Crippen LogP) is 0.513. The van der Waals surface area contributed by atoms with E-state index < -0.39 is 6.10 Å². The molecular formula is C11H22N2O2. The molecule has 0 radical (unpaired) electrons. The average molecular weight is 214 g/mol. The smallest absolute Gasteiger partial charge is 0.250 e. The van der Waals surface area contributed by atoms with Crippen LogP contribution in [0.3, 0.4) is 0 Å². The van der Waals surface area contributed by atoms with Gasteiger partial charge in [0.15, 0.2) is 0 Å². The van der Waals surface area contributed by atoms with Gasteiger partial charge in [0.25, 0.3) is 0 Å². The number of carbonyl (C=O) groups excluding carboxylic acids is 1. The van der Waals surface area contributed by atoms with Gasteiger partial charge in [-0.1, -0.05) is 13.3 Å². The maximum atomic E-state index is 11.5. The van der Waals surface area contributed by atoms with Gasteiger partial charge >= 0.3 is 0 Å². The molecule has 1 rings (SSSR count). The molecule has 1 saturated carbocycles. The van der Waals surface area contributed by atoms with Crippen molar-refractivity contribution >= 4 is 5.91 Å². The molecule has 0 saturated heterocycles. The molecule has 0 aromatic heterocycles. The maximum absolute atomic E-state index is 11.5. The molecule has 1 aliphatic carbocycles. The highest BCUT2D eigenvalue weighted by Crippen LogP contribution is 2.29. The molecule has 88 valence electrons. The highest BCUT2D eigenvalue weighted by molar-refractivity contribution is 5.80. The normalized spacial score (nSPS) is 27.7. The van der Waals surface area contributed by atoms with Gasteiger partial charge in [-0.15, -0.1) is 0 Å². The zero-order valence-corrected chi connectivity index (χ0v) is 9.66. The first-order valence-electron chi connectivity index (χ1n) is 5.68. The van der Waals surface area contributed by atoms with Crippen molar-refractivity contribution in [3.05, 3.63) is 0 Å². The van der Waals surface area contributed by atoms with Gasteiger partial charge in [-0.05, 0) is 24.7 Å². The summed E-state index contributed by atoms with van der Waals surface area (Å²) in [5.74, 6) is 1.36. The SMILES string of the molecule is COC(CN)C(=O)NCC1CCC(C)C1. The van der Waals surface area contributed by atoms with Gasteiger partial charge in [-0.2, -0.15) is 0 Å². The van der Waals surface area contributed by atoms with E-state index in [1.54, 1.807) is 0 Å². The minimum Gasteiger partial charge on any atom is -0.370 e. The lowest BCUT2D eigenvalue weighted by Crippen LogP contribution is -2.42. The first-order chi connectivity index (χ1) is 7.17. The number of amides is 1. The number of rotatable bonds is 5. The summed E-state index contributed by atoms with van der Waals surface area (Å²) < 4.78 is 4.96. The summed E-state index contributed by atoms with van der Waals surface area (Å²) in [5.41, 5.74) is 5.40. The topological polar surface area (TPSA) is 64.3 Å². The van der Waals surface area contributed by atoms with Crippen LogP contribution < -0.4 is 11.1 Å². The zero-order chi connectivity index (χ0) is 11.3. The Bertz CT molecular complexity index is 205. The standard InChI is InChI=1S/C11H22N2O2/c1-8-3-4-9(5-8)7-13-11(14)10(6-12)15-2/h8-10H,3-7,12H2,1-2H3,(H,13,14). The summed E-state index contributed by atoms with van der Waals surface area (Å²) in [6.07, 6.45) is 3.23. The largest absolute Gasteiger partial charge is 0.370 e. The predicted molar refractivity (Wildman–Crippen MR) is 59.4 cm³/mol. The Hall–Kier alpha value is -0.610. The lowest BCUT2D eigenvalue weighted by atomic mass is 10.1. The molecule has 3 atom stereocenters. The van der Waals surface area contributed by atoms with Crippen LogP contribution in [-0.2, 0) is 9.53 Å². The third-order valence-electron chi connectivity index (χ3n) is 3.16. The molecular weight excluding hydrogens is 192 g/mol. The Balaban J connectivity index is 2.21. The lowest BCUT2D eigenvalue weighted by molar-refractivity contribution is -0.130. The molecule has 1 amide bonds. The molecule has 1 fully saturated rings. The molecule has 3 unspecified atom stereocenters. The Morgan fingerprint density at radius 2 is 2.33 bits per heavy atom. The second-order valence-corrected chi connectivity index (χ2v) is 4.49. The van der Waals surface area contributed by atoms with Gasteiger partial charge in [-0.25, -0.2) is 0 Å². The first kappa shape index (κ1) is 12.5. The molecule has 4 heteroatoms. The molecule has 0 aromatic rings. The van der Waals surface area contributed by atoms with Gasteiger partial charge < -0.3 is 15.8 Å². The Morgan fingerprint density at radius 3 is 2.80 bits per heavy atom. The fourth-order valence-corrected chi connectivity index (χ4v) is 2.18. The van der Waals surface area contributed by atoms with Crippen LogP contribution in [0.4, 0.5) is 0 Å². The molecule has 0 bridgehead atoms. The number of methoxy groups -OCH3 is 1. The van der Waals surface area contributed by atoms with E-state index in [0.717, 1.165) is 12.5 Å². The zero-order valence-electron chi connectivity index (χ0n) is 9.66.